The van der Waals surface area contributed by atoms with Crippen LogP contribution in [0.2, 0.25) is 5.02 Å². The van der Waals surface area contributed by atoms with Gasteiger partial charge in [-0.3, -0.25) is 0 Å². The molecule has 2 heteroatoms. The van der Waals surface area contributed by atoms with Gasteiger partial charge in [-0.25, -0.2) is 0 Å². The average Bonchev–Trinajstić information content (AvgIpc) is 2.03. The molecule has 1 saturated heterocycles. The lowest BCUT2D eigenvalue weighted by atomic mass is 9.91. The van der Waals surface area contributed by atoms with Gasteiger partial charge >= 0.3 is 0 Å². The van der Waals surface area contributed by atoms with Crippen molar-refractivity contribution in [3.8, 4) is 0 Å². The average molecular weight is 196 g/mol. The van der Waals surface area contributed by atoms with E-state index in [4.69, 9.17) is 11.6 Å². The van der Waals surface area contributed by atoms with Crippen LogP contribution in [0, 0.1) is 13.8 Å². The van der Waals surface area contributed by atoms with Gasteiger partial charge in [0, 0.05) is 24.0 Å². The van der Waals surface area contributed by atoms with Crippen LogP contribution in [0.5, 0.6) is 0 Å². The maximum atomic E-state index is 6.28. The molecule has 1 aliphatic rings. The van der Waals surface area contributed by atoms with Crippen LogP contribution in [0.1, 0.15) is 22.6 Å². The minimum Gasteiger partial charge on any atom is -0.315 e. The molecule has 2 rings (SSSR count). The minimum absolute atomic E-state index is 0.631. The standard InChI is InChI=1S/C11H14ClN/c1-7-3-4-10(9-5-13-6-9)11(12)8(7)2/h3-4,9,13H,5-6H2,1-2H3. The highest BCUT2D eigenvalue weighted by atomic mass is 35.5. The molecule has 0 unspecified atom stereocenters. The molecule has 1 N–H and O–H groups in total. The number of hydrogen-bond donors (Lipinski definition) is 1. The van der Waals surface area contributed by atoms with Gasteiger partial charge in [-0.15, -0.1) is 0 Å². The highest BCUT2D eigenvalue weighted by Gasteiger charge is 2.21. The van der Waals surface area contributed by atoms with Crippen molar-refractivity contribution in [3.05, 3.63) is 33.8 Å². The Morgan fingerprint density at radius 1 is 1.31 bits per heavy atom. The van der Waals surface area contributed by atoms with Crippen LogP contribution in [0.3, 0.4) is 0 Å². The first-order valence-corrected chi connectivity index (χ1v) is 5.04. The van der Waals surface area contributed by atoms with Gasteiger partial charge in [0.05, 0.1) is 0 Å². The van der Waals surface area contributed by atoms with Gasteiger partial charge in [0.15, 0.2) is 0 Å². The van der Waals surface area contributed by atoms with E-state index in [9.17, 15) is 0 Å². The van der Waals surface area contributed by atoms with Gasteiger partial charge in [-0.05, 0) is 30.5 Å². The third kappa shape index (κ3) is 1.47. The Balaban J connectivity index is 2.41. The van der Waals surface area contributed by atoms with Crippen molar-refractivity contribution in [2.75, 3.05) is 13.1 Å². The maximum Gasteiger partial charge on any atom is 0.0473 e. The van der Waals surface area contributed by atoms with Crippen LogP contribution in [-0.4, -0.2) is 13.1 Å². The zero-order valence-corrected chi connectivity index (χ0v) is 8.78. The molecule has 1 nitrogen and oxygen atoms in total. The Hall–Kier alpha value is -0.530. The van der Waals surface area contributed by atoms with Crippen molar-refractivity contribution in [1.82, 2.24) is 5.32 Å². The van der Waals surface area contributed by atoms with Crippen LogP contribution in [0.25, 0.3) is 0 Å². The quantitative estimate of drug-likeness (QED) is 0.727. The van der Waals surface area contributed by atoms with Crippen LogP contribution in [0.4, 0.5) is 0 Å². The fourth-order valence-corrected chi connectivity index (χ4v) is 1.99. The van der Waals surface area contributed by atoms with Crippen molar-refractivity contribution < 1.29 is 0 Å². The summed E-state index contributed by atoms with van der Waals surface area (Å²) in [7, 11) is 0. The molecule has 0 spiro atoms. The van der Waals surface area contributed by atoms with Gasteiger partial charge < -0.3 is 5.32 Å². The van der Waals surface area contributed by atoms with Gasteiger partial charge in [-0.1, -0.05) is 23.7 Å². The Morgan fingerprint density at radius 3 is 2.54 bits per heavy atom. The molecule has 0 bridgehead atoms. The van der Waals surface area contributed by atoms with Crippen LogP contribution in [0.15, 0.2) is 12.1 Å². The summed E-state index contributed by atoms with van der Waals surface area (Å²) < 4.78 is 0. The Labute approximate surface area is 84.1 Å². The predicted octanol–water partition coefficient (Wildman–Crippen LogP) is 2.64. The smallest absolute Gasteiger partial charge is 0.0473 e. The Bertz CT molecular complexity index is 329. The number of halogens is 1. The van der Waals surface area contributed by atoms with E-state index in [2.05, 4.69) is 31.3 Å². The van der Waals surface area contributed by atoms with Gasteiger partial charge in [0.1, 0.15) is 0 Å². The molecule has 1 aromatic rings. The second kappa shape index (κ2) is 3.32. The predicted molar refractivity (Wildman–Crippen MR) is 56.5 cm³/mol. The van der Waals surface area contributed by atoms with Crippen molar-refractivity contribution in [3.63, 3.8) is 0 Å². The first kappa shape index (κ1) is 9.04. The zero-order valence-electron chi connectivity index (χ0n) is 8.02. The summed E-state index contributed by atoms with van der Waals surface area (Å²) >= 11 is 6.28. The molecule has 1 aromatic carbocycles. The van der Waals surface area contributed by atoms with E-state index in [0.29, 0.717) is 5.92 Å². The monoisotopic (exact) mass is 195 g/mol. The summed E-state index contributed by atoms with van der Waals surface area (Å²) in [6.07, 6.45) is 0. The summed E-state index contributed by atoms with van der Waals surface area (Å²) in [5.41, 5.74) is 3.82. The van der Waals surface area contributed by atoms with Gasteiger partial charge in [0.25, 0.3) is 0 Å². The highest BCUT2D eigenvalue weighted by Crippen LogP contribution is 2.31. The first-order valence-electron chi connectivity index (χ1n) is 4.66. The lowest BCUT2D eigenvalue weighted by Gasteiger charge is -2.29. The molecule has 1 fully saturated rings. The van der Waals surface area contributed by atoms with E-state index in [1.165, 1.54) is 16.7 Å². The molecule has 0 saturated carbocycles. The molecular formula is C11H14ClN. The third-order valence-electron chi connectivity index (χ3n) is 2.91. The van der Waals surface area contributed by atoms with Crippen molar-refractivity contribution in [1.29, 1.82) is 0 Å². The van der Waals surface area contributed by atoms with E-state index in [0.717, 1.165) is 18.1 Å². The van der Waals surface area contributed by atoms with Crippen molar-refractivity contribution >= 4 is 11.6 Å². The molecule has 70 valence electrons. The topological polar surface area (TPSA) is 12.0 Å². The summed E-state index contributed by atoms with van der Waals surface area (Å²) in [6, 6.07) is 4.32. The van der Waals surface area contributed by atoms with Crippen LogP contribution >= 0.6 is 11.6 Å². The van der Waals surface area contributed by atoms with Crippen molar-refractivity contribution in [2.24, 2.45) is 0 Å². The van der Waals surface area contributed by atoms with Crippen LogP contribution < -0.4 is 5.32 Å². The summed E-state index contributed by atoms with van der Waals surface area (Å²) in [6.45, 7) is 6.34. The molecule has 0 radical (unpaired) electrons. The lowest BCUT2D eigenvalue weighted by Crippen LogP contribution is -2.40. The number of rotatable bonds is 1. The van der Waals surface area contributed by atoms with E-state index < -0.39 is 0 Å². The summed E-state index contributed by atoms with van der Waals surface area (Å²) in [5, 5.41) is 4.23. The number of hydrogen-bond acceptors (Lipinski definition) is 1. The summed E-state index contributed by atoms with van der Waals surface area (Å²) in [4.78, 5) is 0. The summed E-state index contributed by atoms with van der Waals surface area (Å²) in [5.74, 6) is 0.631. The van der Waals surface area contributed by atoms with Gasteiger partial charge in [-0.2, -0.15) is 0 Å². The van der Waals surface area contributed by atoms with Crippen molar-refractivity contribution in [2.45, 2.75) is 19.8 Å². The van der Waals surface area contributed by atoms with E-state index in [1.807, 2.05) is 0 Å². The fourth-order valence-electron chi connectivity index (χ4n) is 1.63. The van der Waals surface area contributed by atoms with E-state index in [-0.39, 0.29) is 0 Å². The van der Waals surface area contributed by atoms with Crippen LogP contribution in [-0.2, 0) is 0 Å². The first-order chi connectivity index (χ1) is 6.20. The highest BCUT2D eigenvalue weighted by molar-refractivity contribution is 6.32. The number of aryl methyl sites for hydroxylation is 1. The number of nitrogens with one attached hydrogen (secondary N) is 1. The molecule has 0 aliphatic carbocycles. The zero-order chi connectivity index (χ0) is 9.42. The Morgan fingerprint density at radius 2 is 2.00 bits per heavy atom. The van der Waals surface area contributed by atoms with E-state index >= 15 is 0 Å². The Kier molecular flexibility index (Phi) is 2.31. The molecule has 1 heterocycles. The molecule has 0 aromatic heterocycles. The molecule has 0 amide bonds. The minimum atomic E-state index is 0.631. The van der Waals surface area contributed by atoms with E-state index in [1.54, 1.807) is 0 Å². The normalized spacial score (nSPS) is 17.2. The largest absolute Gasteiger partial charge is 0.315 e. The van der Waals surface area contributed by atoms with Gasteiger partial charge in [0.2, 0.25) is 0 Å². The SMILES string of the molecule is Cc1ccc(C2CNC2)c(Cl)c1C. The molecular weight excluding hydrogens is 182 g/mol. The maximum absolute atomic E-state index is 6.28. The fraction of sp³-hybridized carbons (Fsp3) is 0.455. The second-order valence-electron chi connectivity index (χ2n) is 3.77. The molecule has 13 heavy (non-hydrogen) atoms. The number of benzene rings is 1. The lowest BCUT2D eigenvalue weighted by molar-refractivity contribution is 0.448. The third-order valence-corrected chi connectivity index (χ3v) is 3.41. The second-order valence-corrected chi connectivity index (χ2v) is 4.14. The molecule has 0 atom stereocenters. The molecule has 1 aliphatic heterocycles.